The third-order valence-electron chi connectivity index (χ3n) is 4.20. The minimum atomic E-state index is -0.103. The highest BCUT2D eigenvalue weighted by molar-refractivity contribution is 5.97. The first-order valence-electron chi connectivity index (χ1n) is 7.32. The zero-order chi connectivity index (χ0) is 14.7. The summed E-state index contributed by atoms with van der Waals surface area (Å²) in [6.07, 6.45) is 2.35. The maximum absolute atomic E-state index is 12.4. The number of phenolic OH excluding ortho intramolecular Hbond substituents is 1. The molecule has 0 radical (unpaired) electrons. The molecule has 0 aliphatic carbocycles. The molecule has 2 rings (SSSR count). The number of hydrogen-bond donors (Lipinski definition) is 1. The quantitative estimate of drug-likeness (QED) is 0.917. The highest BCUT2D eigenvalue weighted by Crippen LogP contribution is 2.24. The van der Waals surface area contributed by atoms with Crippen LogP contribution in [0.5, 0.6) is 5.75 Å². The summed E-state index contributed by atoms with van der Waals surface area (Å²) < 4.78 is 0. The van der Waals surface area contributed by atoms with Crippen LogP contribution in [-0.4, -0.2) is 53.5 Å². The van der Waals surface area contributed by atoms with E-state index in [1.165, 1.54) is 6.42 Å². The highest BCUT2D eigenvalue weighted by Gasteiger charge is 2.26. The van der Waals surface area contributed by atoms with Crippen molar-refractivity contribution in [1.82, 2.24) is 9.80 Å². The maximum atomic E-state index is 12.4. The van der Waals surface area contributed by atoms with Gasteiger partial charge in [0.15, 0.2) is 0 Å². The number of benzene rings is 1. The fourth-order valence-electron chi connectivity index (χ4n) is 2.95. The molecule has 0 aromatic heterocycles. The van der Waals surface area contributed by atoms with Crippen molar-refractivity contribution in [3.63, 3.8) is 0 Å². The molecule has 0 bridgehead atoms. The van der Waals surface area contributed by atoms with Crippen LogP contribution in [0.2, 0.25) is 0 Å². The normalized spacial score (nSPS) is 19.2. The van der Waals surface area contributed by atoms with Crippen LogP contribution in [0.25, 0.3) is 0 Å². The molecular formula is C16H24N2O2. The number of nitrogens with zero attached hydrogens (tertiary/aromatic N) is 2. The number of carbonyl (C=O) groups excluding carboxylic acids is 1. The molecule has 1 heterocycles. The molecule has 4 nitrogen and oxygen atoms in total. The van der Waals surface area contributed by atoms with E-state index in [1.54, 1.807) is 11.0 Å². The van der Waals surface area contributed by atoms with Crippen molar-refractivity contribution in [2.75, 3.05) is 26.7 Å². The van der Waals surface area contributed by atoms with Crippen LogP contribution < -0.4 is 0 Å². The van der Waals surface area contributed by atoms with Gasteiger partial charge in [0.05, 0.1) is 5.56 Å². The molecule has 1 N–H and O–H groups in total. The number of aryl methyl sites for hydroxylation is 1. The predicted molar refractivity (Wildman–Crippen MR) is 80.1 cm³/mol. The largest absolute Gasteiger partial charge is 0.507 e. The zero-order valence-corrected chi connectivity index (χ0v) is 12.6. The molecule has 1 unspecified atom stereocenters. The molecule has 1 saturated heterocycles. The molecule has 1 aromatic carbocycles. The number of phenols is 1. The fraction of sp³-hybridized carbons (Fsp3) is 0.562. The van der Waals surface area contributed by atoms with Gasteiger partial charge in [-0.15, -0.1) is 0 Å². The standard InChI is InChI=1S/C16H24N2O2/c1-4-18-10-6-8-13(18)11-17(3)16(20)14-9-5-7-12(2)15(14)19/h5,7,9,13,19H,4,6,8,10-11H2,1-3H3. The van der Waals surface area contributed by atoms with E-state index in [0.29, 0.717) is 11.6 Å². The maximum Gasteiger partial charge on any atom is 0.257 e. The van der Waals surface area contributed by atoms with Gasteiger partial charge in [0.1, 0.15) is 5.75 Å². The Hall–Kier alpha value is -1.55. The monoisotopic (exact) mass is 276 g/mol. The van der Waals surface area contributed by atoms with Crippen LogP contribution in [0, 0.1) is 6.92 Å². The van der Waals surface area contributed by atoms with Gasteiger partial charge in [-0.1, -0.05) is 19.1 Å². The number of amides is 1. The van der Waals surface area contributed by atoms with Crippen molar-refractivity contribution >= 4 is 5.91 Å². The molecule has 0 spiro atoms. The summed E-state index contributed by atoms with van der Waals surface area (Å²) in [4.78, 5) is 16.6. The number of carbonyl (C=O) groups is 1. The van der Waals surface area contributed by atoms with E-state index in [9.17, 15) is 9.90 Å². The Kier molecular flexibility index (Phi) is 4.65. The van der Waals surface area contributed by atoms with E-state index < -0.39 is 0 Å². The molecule has 0 saturated carbocycles. The van der Waals surface area contributed by atoms with Crippen LogP contribution in [0.3, 0.4) is 0 Å². The summed E-state index contributed by atoms with van der Waals surface area (Å²) in [6.45, 7) is 6.84. The lowest BCUT2D eigenvalue weighted by atomic mass is 10.1. The van der Waals surface area contributed by atoms with Gasteiger partial charge in [-0.2, -0.15) is 0 Å². The van der Waals surface area contributed by atoms with E-state index in [0.717, 1.165) is 31.6 Å². The molecule has 4 heteroatoms. The number of likely N-dealkylation sites (N-methyl/N-ethyl adjacent to an activating group) is 2. The van der Waals surface area contributed by atoms with Crippen molar-refractivity contribution in [2.24, 2.45) is 0 Å². The minimum absolute atomic E-state index is 0.100. The number of likely N-dealkylation sites (tertiary alicyclic amines) is 1. The molecule has 1 amide bonds. The molecular weight excluding hydrogens is 252 g/mol. The van der Waals surface area contributed by atoms with Crippen molar-refractivity contribution in [3.05, 3.63) is 29.3 Å². The van der Waals surface area contributed by atoms with E-state index in [4.69, 9.17) is 0 Å². The second-order valence-electron chi connectivity index (χ2n) is 5.58. The molecule has 1 atom stereocenters. The van der Waals surface area contributed by atoms with Gasteiger partial charge < -0.3 is 10.0 Å². The summed E-state index contributed by atoms with van der Waals surface area (Å²) >= 11 is 0. The Morgan fingerprint density at radius 1 is 1.50 bits per heavy atom. The first kappa shape index (κ1) is 14.9. The molecule has 1 aliphatic heterocycles. The Labute approximate surface area is 121 Å². The van der Waals surface area contributed by atoms with Gasteiger partial charge in [0, 0.05) is 19.6 Å². The van der Waals surface area contributed by atoms with Crippen LogP contribution in [0.15, 0.2) is 18.2 Å². The third kappa shape index (κ3) is 2.96. The van der Waals surface area contributed by atoms with E-state index >= 15 is 0 Å². The average molecular weight is 276 g/mol. The SMILES string of the molecule is CCN1CCCC1CN(C)C(=O)c1cccc(C)c1O. The Morgan fingerprint density at radius 3 is 2.95 bits per heavy atom. The van der Waals surface area contributed by atoms with Crippen LogP contribution in [-0.2, 0) is 0 Å². The number of hydrogen-bond acceptors (Lipinski definition) is 3. The Morgan fingerprint density at radius 2 is 2.25 bits per heavy atom. The van der Waals surface area contributed by atoms with E-state index in [-0.39, 0.29) is 11.7 Å². The van der Waals surface area contributed by atoms with Gasteiger partial charge in [-0.05, 0) is 44.5 Å². The lowest BCUT2D eigenvalue weighted by molar-refractivity contribution is 0.0751. The lowest BCUT2D eigenvalue weighted by Crippen LogP contribution is -2.41. The first-order valence-corrected chi connectivity index (χ1v) is 7.32. The second kappa shape index (κ2) is 6.27. The molecule has 1 aromatic rings. The Balaban J connectivity index is 2.07. The summed E-state index contributed by atoms with van der Waals surface area (Å²) in [6, 6.07) is 5.75. The summed E-state index contributed by atoms with van der Waals surface area (Å²) in [5, 5.41) is 10.0. The zero-order valence-electron chi connectivity index (χ0n) is 12.6. The van der Waals surface area contributed by atoms with Crippen LogP contribution in [0.1, 0.15) is 35.7 Å². The number of para-hydroxylation sites is 1. The molecule has 1 aliphatic rings. The van der Waals surface area contributed by atoms with Gasteiger partial charge in [0.25, 0.3) is 5.91 Å². The van der Waals surface area contributed by atoms with Crippen molar-refractivity contribution in [3.8, 4) is 5.75 Å². The molecule has 110 valence electrons. The highest BCUT2D eigenvalue weighted by atomic mass is 16.3. The number of rotatable bonds is 4. The van der Waals surface area contributed by atoms with Gasteiger partial charge in [0.2, 0.25) is 0 Å². The third-order valence-corrected chi connectivity index (χ3v) is 4.20. The number of aromatic hydroxyl groups is 1. The fourth-order valence-corrected chi connectivity index (χ4v) is 2.95. The summed E-state index contributed by atoms with van der Waals surface area (Å²) in [7, 11) is 1.82. The Bertz CT molecular complexity index is 487. The van der Waals surface area contributed by atoms with Gasteiger partial charge in [-0.25, -0.2) is 0 Å². The van der Waals surface area contributed by atoms with Crippen LogP contribution >= 0.6 is 0 Å². The van der Waals surface area contributed by atoms with Gasteiger partial charge >= 0.3 is 0 Å². The van der Waals surface area contributed by atoms with E-state index in [1.807, 2.05) is 26.1 Å². The van der Waals surface area contributed by atoms with Crippen molar-refractivity contribution in [2.45, 2.75) is 32.7 Å². The van der Waals surface area contributed by atoms with E-state index in [2.05, 4.69) is 11.8 Å². The predicted octanol–water partition coefficient (Wildman–Crippen LogP) is 2.26. The van der Waals surface area contributed by atoms with Gasteiger partial charge in [-0.3, -0.25) is 9.69 Å². The molecule has 20 heavy (non-hydrogen) atoms. The van der Waals surface area contributed by atoms with Crippen molar-refractivity contribution in [1.29, 1.82) is 0 Å². The smallest absolute Gasteiger partial charge is 0.257 e. The van der Waals surface area contributed by atoms with Crippen LogP contribution in [0.4, 0.5) is 0 Å². The first-order chi connectivity index (χ1) is 9.54. The summed E-state index contributed by atoms with van der Waals surface area (Å²) in [5.74, 6) is -0.00253. The van der Waals surface area contributed by atoms with Crippen molar-refractivity contribution < 1.29 is 9.90 Å². The average Bonchev–Trinajstić information content (AvgIpc) is 2.88. The lowest BCUT2D eigenvalue weighted by Gasteiger charge is -2.28. The second-order valence-corrected chi connectivity index (χ2v) is 5.58. The topological polar surface area (TPSA) is 43.8 Å². The minimum Gasteiger partial charge on any atom is -0.507 e. The molecule has 1 fully saturated rings. The summed E-state index contributed by atoms with van der Waals surface area (Å²) in [5.41, 5.74) is 1.13.